The van der Waals surface area contributed by atoms with Gasteiger partial charge >= 0.3 is 0 Å². The molecule has 236 valence electrons. The first-order valence-electron chi connectivity index (χ1n) is 17.5. The molecule has 0 bridgehead atoms. The molecule has 11 aromatic rings. The summed E-state index contributed by atoms with van der Waals surface area (Å²) in [6.07, 6.45) is 0. The van der Waals surface area contributed by atoms with E-state index in [9.17, 15) is 0 Å². The Kier molecular flexibility index (Phi) is 5.99. The Labute approximate surface area is 293 Å². The van der Waals surface area contributed by atoms with Crippen LogP contribution in [0, 0.1) is 0 Å². The summed E-state index contributed by atoms with van der Waals surface area (Å²) < 4.78 is 6.56. The molecule has 0 radical (unpaired) electrons. The Balaban J connectivity index is 1.14. The van der Waals surface area contributed by atoms with E-state index in [-0.39, 0.29) is 0 Å². The van der Waals surface area contributed by atoms with Crippen molar-refractivity contribution in [3.05, 3.63) is 176 Å². The van der Waals surface area contributed by atoms with E-state index in [0.29, 0.717) is 0 Å². The summed E-state index contributed by atoms with van der Waals surface area (Å²) in [6.45, 7) is 0. The fourth-order valence-electron chi connectivity index (χ4n) is 8.40. The standard InChI is InChI=1S/C49H29NO/c1-2-14-33-30(12-1)13-11-21-35(33)46-38-18-5-3-16-36(38)45(37-17-4-6-19-39(37)46)31-24-26-32(27-25-31)48-42-29-28-40-34-15-8-10-23-44(34)51-49(40)47(42)41-20-7-9-22-43(41)50-48/h1-29H. The topological polar surface area (TPSA) is 26.0 Å². The minimum absolute atomic E-state index is 0.901. The Morgan fingerprint density at radius 2 is 0.902 bits per heavy atom. The Morgan fingerprint density at radius 3 is 1.65 bits per heavy atom. The fraction of sp³-hybridized carbons (Fsp3) is 0. The van der Waals surface area contributed by atoms with Gasteiger partial charge < -0.3 is 4.42 Å². The van der Waals surface area contributed by atoms with Gasteiger partial charge in [0.25, 0.3) is 0 Å². The zero-order valence-electron chi connectivity index (χ0n) is 27.6. The van der Waals surface area contributed by atoms with Crippen molar-refractivity contribution in [3.63, 3.8) is 0 Å². The second-order valence-corrected chi connectivity index (χ2v) is 13.4. The lowest BCUT2D eigenvalue weighted by Crippen LogP contribution is -1.92. The summed E-state index contributed by atoms with van der Waals surface area (Å²) in [5, 5.41) is 13.1. The maximum Gasteiger partial charge on any atom is 0.144 e. The van der Waals surface area contributed by atoms with Crippen molar-refractivity contribution in [1.82, 2.24) is 4.98 Å². The molecule has 0 saturated heterocycles. The van der Waals surface area contributed by atoms with Crippen LogP contribution in [0.15, 0.2) is 180 Å². The predicted molar refractivity (Wildman–Crippen MR) is 215 cm³/mol. The smallest absolute Gasteiger partial charge is 0.144 e. The van der Waals surface area contributed by atoms with E-state index in [2.05, 4.69) is 164 Å². The largest absolute Gasteiger partial charge is 0.455 e. The Bertz CT molecular complexity index is 3120. The monoisotopic (exact) mass is 647 g/mol. The average molecular weight is 648 g/mol. The maximum atomic E-state index is 6.56. The molecular formula is C49H29NO. The van der Waals surface area contributed by atoms with Crippen molar-refractivity contribution in [1.29, 1.82) is 0 Å². The number of hydrogen-bond donors (Lipinski definition) is 0. The van der Waals surface area contributed by atoms with Gasteiger partial charge in [0.15, 0.2) is 0 Å². The Hall–Kier alpha value is -6.77. The van der Waals surface area contributed by atoms with Crippen LogP contribution in [0.3, 0.4) is 0 Å². The molecule has 0 saturated carbocycles. The van der Waals surface area contributed by atoms with Gasteiger partial charge in [-0.2, -0.15) is 0 Å². The zero-order chi connectivity index (χ0) is 33.5. The summed E-state index contributed by atoms with van der Waals surface area (Å²) in [7, 11) is 0. The number of fused-ring (bicyclic) bond motifs is 10. The van der Waals surface area contributed by atoms with E-state index in [1.165, 1.54) is 54.6 Å². The number of nitrogens with zero attached hydrogens (tertiary/aromatic N) is 1. The molecule has 0 aliphatic rings. The number of furan rings is 1. The van der Waals surface area contributed by atoms with Crippen LogP contribution in [0.25, 0.3) is 109 Å². The lowest BCUT2D eigenvalue weighted by atomic mass is 9.84. The fourth-order valence-corrected chi connectivity index (χ4v) is 8.40. The van der Waals surface area contributed by atoms with Crippen molar-refractivity contribution in [3.8, 4) is 33.5 Å². The molecule has 9 aromatic carbocycles. The van der Waals surface area contributed by atoms with E-state index < -0.39 is 0 Å². The molecule has 11 rings (SSSR count). The van der Waals surface area contributed by atoms with Crippen molar-refractivity contribution < 1.29 is 4.42 Å². The number of benzene rings is 9. The number of pyridine rings is 1. The Morgan fingerprint density at radius 1 is 0.353 bits per heavy atom. The van der Waals surface area contributed by atoms with Gasteiger partial charge in [-0.25, -0.2) is 4.98 Å². The number of hydrogen-bond acceptors (Lipinski definition) is 2. The van der Waals surface area contributed by atoms with Crippen LogP contribution in [-0.2, 0) is 0 Å². The van der Waals surface area contributed by atoms with E-state index in [0.717, 1.165) is 54.9 Å². The SMILES string of the molecule is c1ccc2c(-c3c4ccccc4c(-c4ccc(-c5nc6ccccc6c6c5ccc5c7ccccc7oc56)cc4)c4ccccc34)cccc2c1. The number of para-hydroxylation sites is 2. The van der Waals surface area contributed by atoms with Gasteiger partial charge in [0.05, 0.1) is 11.2 Å². The van der Waals surface area contributed by atoms with Crippen LogP contribution < -0.4 is 0 Å². The summed E-state index contributed by atoms with van der Waals surface area (Å²) in [4.78, 5) is 5.26. The van der Waals surface area contributed by atoms with Crippen LogP contribution in [-0.4, -0.2) is 4.98 Å². The van der Waals surface area contributed by atoms with Crippen LogP contribution in [0.2, 0.25) is 0 Å². The normalized spacial score (nSPS) is 11.9. The van der Waals surface area contributed by atoms with Gasteiger partial charge in [0, 0.05) is 32.5 Å². The molecule has 2 heteroatoms. The number of aromatic nitrogens is 1. The zero-order valence-corrected chi connectivity index (χ0v) is 27.6. The van der Waals surface area contributed by atoms with Gasteiger partial charge in [-0.05, 0) is 72.8 Å². The molecule has 2 heterocycles. The minimum Gasteiger partial charge on any atom is -0.455 e. The molecule has 2 nitrogen and oxygen atoms in total. The maximum absolute atomic E-state index is 6.56. The van der Waals surface area contributed by atoms with Crippen molar-refractivity contribution >= 4 is 75.9 Å². The van der Waals surface area contributed by atoms with Gasteiger partial charge in [-0.3, -0.25) is 0 Å². The minimum atomic E-state index is 0.901. The highest BCUT2D eigenvalue weighted by Gasteiger charge is 2.20. The summed E-state index contributed by atoms with van der Waals surface area (Å²) >= 11 is 0. The van der Waals surface area contributed by atoms with Crippen LogP contribution in [0.1, 0.15) is 0 Å². The molecule has 0 unspecified atom stereocenters. The molecule has 0 N–H and O–H groups in total. The highest BCUT2D eigenvalue weighted by molar-refractivity contribution is 6.25. The van der Waals surface area contributed by atoms with Crippen LogP contribution >= 0.6 is 0 Å². The van der Waals surface area contributed by atoms with E-state index in [1.807, 2.05) is 12.1 Å². The molecule has 0 spiro atoms. The predicted octanol–water partition coefficient (Wildman–Crippen LogP) is 13.7. The number of rotatable bonds is 3. The van der Waals surface area contributed by atoms with Crippen molar-refractivity contribution in [2.24, 2.45) is 0 Å². The third-order valence-electron chi connectivity index (χ3n) is 10.6. The molecular weight excluding hydrogens is 619 g/mol. The highest BCUT2D eigenvalue weighted by Crippen LogP contribution is 2.46. The van der Waals surface area contributed by atoms with E-state index in [1.54, 1.807) is 0 Å². The van der Waals surface area contributed by atoms with E-state index >= 15 is 0 Å². The van der Waals surface area contributed by atoms with Crippen molar-refractivity contribution in [2.45, 2.75) is 0 Å². The molecule has 0 fully saturated rings. The molecule has 0 aliphatic heterocycles. The first-order valence-corrected chi connectivity index (χ1v) is 17.5. The molecule has 2 aromatic heterocycles. The summed E-state index contributed by atoms with van der Waals surface area (Å²) in [5.74, 6) is 0. The van der Waals surface area contributed by atoms with Gasteiger partial charge in [0.2, 0.25) is 0 Å². The van der Waals surface area contributed by atoms with Gasteiger partial charge in [-0.15, -0.1) is 0 Å². The highest BCUT2D eigenvalue weighted by atomic mass is 16.3. The van der Waals surface area contributed by atoms with Crippen molar-refractivity contribution in [2.75, 3.05) is 0 Å². The third kappa shape index (κ3) is 4.14. The summed E-state index contributed by atoms with van der Waals surface area (Å²) in [6, 6.07) is 63.2. The van der Waals surface area contributed by atoms with Gasteiger partial charge in [0.1, 0.15) is 11.2 Å². The summed E-state index contributed by atoms with van der Waals surface area (Å²) in [5.41, 5.74) is 9.77. The van der Waals surface area contributed by atoms with Gasteiger partial charge in [-0.1, -0.05) is 158 Å². The second-order valence-electron chi connectivity index (χ2n) is 13.4. The first kappa shape index (κ1) is 28.1. The quantitative estimate of drug-likeness (QED) is 0.141. The second kappa shape index (κ2) is 10.9. The van der Waals surface area contributed by atoms with Crippen LogP contribution in [0.5, 0.6) is 0 Å². The molecule has 51 heavy (non-hydrogen) atoms. The third-order valence-corrected chi connectivity index (χ3v) is 10.6. The van der Waals surface area contributed by atoms with E-state index in [4.69, 9.17) is 9.40 Å². The molecule has 0 amide bonds. The molecule has 0 aliphatic carbocycles. The lowest BCUT2D eigenvalue weighted by Gasteiger charge is -2.19. The molecule has 0 atom stereocenters. The first-order chi connectivity index (χ1) is 25.3. The lowest BCUT2D eigenvalue weighted by molar-refractivity contribution is 0.673. The van der Waals surface area contributed by atoms with Crippen LogP contribution in [0.4, 0.5) is 0 Å². The average Bonchev–Trinajstić information content (AvgIpc) is 3.58.